The lowest BCUT2D eigenvalue weighted by Crippen LogP contribution is -2.02. The number of hydrogen-bond donors (Lipinski definition) is 0. The van der Waals surface area contributed by atoms with E-state index in [1.54, 1.807) is 0 Å². The van der Waals surface area contributed by atoms with Crippen LogP contribution in [0.5, 0.6) is 22.6 Å². The van der Waals surface area contributed by atoms with Crippen LogP contribution in [-0.2, 0) is 6.18 Å². The van der Waals surface area contributed by atoms with Gasteiger partial charge in [-0.15, -0.1) is 0 Å². The monoisotopic (exact) mass is 405 g/mol. The molecule has 27 heavy (non-hydrogen) atoms. The van der Waals surface area contributed by atoms with E-state index in [9.17, 15) is 26.3 Å². The Kier molecular flexibility index (Phi) is 5.01. The van der Waals surface area contributed by atoms with Crippen LogP contribution in [0.1, 0.15) is 10.4 Å². The van der Waals surface area contributed by atoms with Gasteiger partial charge in [0.25, 0.3) is 11.8 Å². The van der Waals surface area contributed by atoms with Crippen LogP contribution in [0.4, 0.5) is 26.3 Å². The molecule has 3 aromatic rings. The Morgan fingerprint density at radius 3 is 2.00 bits per heavy atom. The summed E-state index contributed by atoms with van der Waals surface area (Å²) in [4.78, 5) is 2.61. The fraction of sp³-hybridized carbons (Fsp3) is 0.118. The van der Waals surface area contributed by atoms with Crippen molar-refractivity contribution < 1.29 is 35.8 Å². The summed E-state index contributed by atoms with van der Waals surface area (Å²) in [5.41, 5.74) is -0.496. The largest absolute Gasteiger partial charge is 0.436 e. The molecule has 0 aliphatic heterocycles. The van der Waals surface area contributed by atoms with Gasteiger partial charge in [-0.2, -0.15) is 18.2 Å². The molecule has 2 aromatic heterocycles. The molecular formula is C17H9F6NO2S. The Morgan fingerprint density at radius 2 is 1.44 bits per heavy atom. The van der Waals surface area contributed by atoms with Crippen molar-refractivity contribution in [2.24, 2.45) is 0 Å². The van der Waals surface area contributed by atoms with E-state index in [0.29, 0.717) is 0 Å². The maximum Gasteiger partial charge on any atom is 0.425 e. The number of ether oxygens (including phenoxy) is 2. The molecule has 0 spiro atoms. The van der Waals surface area contributed by atoms with Gasteiger partial charge in [0.2, 0.25) is 0 Å². The normalized spacial score (nSPS) is 11.5. The third kappa shape index (κ3) is 4.16. The Morgan fingerprint density at radius 1 is 0.852 bits per heavy atom. The average Bonchev–Trinajstić information content (AvgIpc) is 3.08. The molecule has 0 N–H and O–H groups in total. The highest BCUT2D eigenvalue weighted by atomic mass is 32.1. The lowest BCUT2D eigenvalue weighted by atomic mass is 10.2. The second-order valence-corrected chi connectivity index (χ2v) is 6.30. The molecular weight excluding hydrogens is 396 g/mol. The minimum absolute atomic E-state index is 0.0234. The van der Waals surface area contributed by atoms with Gasteiger partial charge < -0.3 is 9.47 Å². The second-order valence-electron chi connectivity index (χ2n) is 5.25. The molecule has 0 unspecified atom stereocenters. The van der Waals surface area contributed by atoms with E-state index >= 15 is 0 Å². The molecule has 142 valence electrons. The van der Waals surface area contributed by atoms with Crippen LogP contribution >= 0.6 is 11.3 Å². The van der Waals surface area contributed by atoms with Gasteiger partial charge >= 0.3 is 6.18 Å². The summed E-state index contributed by atoms with van der Waals surface area (Å²) in [6, 6.07) is 6.28. The number of pyridine rings is 1. The first-order chi connectivity index (χ1) is 12.6. The molecule has 0 bridgehead atoms. The number of rotatable bonds is 4. The van der Waals surface area contributed by atoms with Crippen LogP contribution in [0, 0.1) is 24.4 Å². The molecule has 0 saturated carbocycles. The van der Waals surface area contributed by atoms with Gasteiger partial charge in [-0.3, -0.25) is 0 Å². The summed E-state index contributed by atoms with van der Waals surface area (Å²) >= 11 is 0.235. The second kappa shape index (κ2) is 7.10. The first kappa shape index (κ1) is 19.0. The quantitative estimate of drug-likeness (QED) is 0.466. The Bertz CT molecular complexity index is 969. The van der Waals surface area contributed by atoms with E-state index in [1.165, 1.54) is 12.1 Å². The van der Waals surface area contributed by atoms with Crippen molar-refractivity contribution in [3.63, 3.8) is 0 Å². The molecule has 0 aliphatic carbocycles. The molecule has 0 radical (unpaired) electrons. The standard InChI is InChI=1S/C17H9F6NO2S/c1-8-13(19)15(25-10-4-2-9(18)3-5-10)24-16(14(8)20)26-12-7-6-11(27-12)17(21,22)23/h2-7H,1H3. The van der Waals surface area contributed by atoms with Crippen LogP contribution in [-0.4, -0.2) is 4.98 Å². The SMILES string of the molecule is Cc1c(F)c(Oc2ccc(F)cc2)nc(Oc2ccc(C(F)(F)F)s2)c1F. The predicted octanol–water partition coefficient (Wildman–Crippen LogP) is 6.47. The molecule has 0 atom stereocenters. The smallest absolute Gasteiger partial charge is 0.425 e. The molecule has 0 saturated heterocycles. The summed E-state index contributed by atoms with van der Waals surface area (Å²) in [5, 5.41) is -0.285. The number of benzene rings is 1. The lowest BCUT2D eigenvalue weighted by Gasteiger charge is -2.11. The Balaban J connectivity index is 1.92. The van der Waals surface area contributed by atoms with E-state index in [-0.39, 0.29) is 22.1 Å². The van der Waals surface area contributed by atoms with Gasteiger partial charge in [0.1, 0.15) is 16.4 Å². The van der Waals surface area contributed by atoms with Gasteiger partial charge in [-0.1, -0.05) is 11.3 Å². The van der Waals surface area contributed by atoms with Crippen LogP contribution in [0.3, 0.4) is 0 Å². The topological polar surface area (TPSA) is 31.4 Å². The minimum Gasteiger partial charge on any atom is -0.436 e. The number of aromatic nitrogens is 1. The maximum absolute atomic E-state index is 14.2. The molecule has 0 aliphatic rings. The van der Waals surface area contributed by atoms with Crippen molar-refractivity contribution in [2.75, 3.05) is 0 Å². The van der Waals surface area contributed by atoms with Crippen LogP contribution in [0.2, 0.25) is 0 Å². The Labute approximate surface area is 152 Å². The highest BCUT2D eigenvalue weighted by Crippen LogP contribution is 2.40. The number of nitrogens with zero attached hydrogens (tertiary/aromatic N) is 1. The average molecular weight is 405 g/mol. The first-order valence-corrected chi connectivity index (χ1v) is 8.10. The first-order valence-electron chi connectivity index (χ1n) is 7.29. The Hall–Kier alpha value is -2.75. The van der Waals surface area contributed by atoms with E-state index in [4.69, 9.17) is 9.47 Å². The highest BCUT2D eigenvalue weighted by Gasteiger charge is 2.33. The van der Waals surface area contributed by atoms with E-state index in [2.05, 4.69) is 4.98 Å². The van der Waals surface area contributed by atoms with Crippen molar-refractivity contribution in [1.29, 1.82) is 0 Å². The van der Waals surface area contributed by atoms with Gasteiger partial charge in [-0.25, -0.2) is 13.2 Å². The van der Waals surface area contributed by atoms with E-state index < -0.39 is 45.8 Å². The van der Waals surface area contributed by atoms with Crippen LogP contribution in [0.25, 0.3) is 0 Å². The zero-order valence-corrected chi connectivity index (χ0v) is 14.2. The third-order valence-electron chi connectivity index (χ3n) is 3.32. The van der Waals surface area contributed by atoms with Crippen molar-refractivity contribution >= 4 is 11.3 Å². The number of halogens is 6. The fourth-order valence-electron chi connectivity index (χ4n) is 1.98. The molecule has 2 heterocycles. The van der Waals surface area contributed by atoms with Crippen molar-refractivity contribution in [3.05, 3.63) is 64.3 Å². The van der Waals surface area contributed by atoms with Crippen molar-refractivity contribution in [2.45, 2.75) is 13.1 Å². The summed E-state index contributed by atoms with van der Waals surface area (Å²) in [6.07, 6.45) is -4.58. The molecule has 10 heteroatoms. The highest BCUT2D eigenvalue weighted by molar-refractivity contribution is 7.13. The molecule has 3 rings (SSSR count). The molecule has 0 fully saturated rings. The molecule has 0 amide bonds. The maximum atomic E-state index is 14.2. The minimum atomic E-state index is -4.58. The third-order valence-corrected chi connectivity index (χ3v) is 4.33. The van der Waals surface area contributed by atoms with E-state index in [0.717, 1.165) is 31.2 Å². The predicted molar refractivity (Wildman–Crippen MR) is 84.8 cm³/mol. The number of alkyl halides is 3. The number of thiophene rings is 1. The fourth-order valence-corrected chi connectivity index (χ4v) is 2.70. The van der Waals surface area contributed by atoms with Gasteiger partial charge in [-0.05, 0) is 43.3 Å². The number of hydrogen-bond acceptors (Lipinski definition) is 4. The van der Waals surface area contributed by atoms with Crippen molar-refractivity contribution in [1.82, 2.24) is 4.98 Å². The summed E-state index contributed by atoms with van der Waals surface area (Å²) in [6.45, 7) is 1.09. The summed E-state index contributed by atoms with van der Waals surface area (Å²) in [7, 11) is 0. The molecule has 3 nitrogen and oxygen atoms in total. The van der Waals surface area contributed by atoms with E-state index in [1.807, 2.05) is 0 Å². The summed E-state index contributed by atoms with van der Waals surface area (Å²) < 4.78 is 89.5. The van der Waals surface area contributed by atoms with Crippen LogP contribution in [0.15, 0.2) is 36.4 Å². The zero-order valence-electron chi connectivity index (χ0n) is 13.4. The summed E-state index contributed by atoms with van der Waals surface area (Å²) in [5.74, 6) is -4.24. The zero-order chi connectivity index (χ0) is 19.8. The lowest BCUT2D eigenvalue weighted by molar-refractivity contribution is -0.134. The van der Waals surface area contributed by atoms with Gasteiger partial charge in [0.05, 0.1) is 0 Å². The van der Waals surface area contributed by atoms with Gasteiger partial charge in [0, 0.05) is 5.56 Å². The van der Waals surface area contributed by atoms with Crippen LogP contribution < -0.4 is 9.47 Å². The molecule has 1 aromatic carbocycles. The van der Waals surface area contributed by atoms with Crippen molar-refractivity contribution in [3.8, 4) is 22.6 Å². The van der Waals surface area contributed by atoms with Gasteiger partial charge in [0.15, 0.2) is 16.7 Å².